The average molecular weight is 579 g/mol. The van der Waals surface area contributed by atoms with E-state index < -0.39 is 0 Å². The van der Waals surface area contributed by atoms with E-state index in [1.807, 2.05) is 48.5 Å². The molecule has 0 unspecified atom stereocenters. The maximum atomic E-state index is 6.60. The van der Waals surface area contributed by atoms with Crippen LogP contribution in [-0.4, -0.2) is 4.98 Å². The first kappa shape index (κ1) is 25.4. The summed E-state index contributed by atoms with van der Waals surface area (Å²) in [4.78, 5) is 7.23. The Morgan fingerprint density at radius 3 is 2.07 bits per heavy atom. The minimum absolute atomic E-state index is 0.604. The van der Waals surface area contributed by atoms with E-state index in [1.54, 1.807) is 0 Å². The van der Waals surface area contributed by atoms with Crippen LogP contribution in [0.3, 0.4) is 0 Å². The van der Waals surface area contributed by atoms with Gasteiger partial charge in [0.1, 0.15) is 16.7 Å². The molecule has 0 N–H and O–H groups in total. The molecule has 0 radical (unpaired) electrons. The van der Waals surface area contributed by atoms with Crippen LogP contribution in [0.15, 0.2) is 167 Å². The van der Waals surface area contributed by atoms with E-state index in [4.69, 9.17) is 13.8 Å². The average Bonchev–Trinajstić information content (AvgIpc) is 3.71. The van der Waals surface area contributed by atoms with Crippen LogP contribution < -0.4 is 4.90 Å². The summed E-state index contributed by atoms with van der Waals surface area (Å²) in [5.74, 6) is 0.604. The summed E-state index contributed by atoms with van der Waals surface area (Å²) in [5.41, 5.74) is 9.52. The monoisotopic (exact) mass is 578 g/mol. The third kappa shape index (κ3) is 4.19. The summed E-state index contributed by atoms with van der Waals surface area (Å²) in [6.07, 6.45) is 0. The molecular weight excluding hydrogens is 552 g/mol. The first-order chi connectivity index (χ1) is 22.3. The van der Waals surface area contributed by atoms with Gasteiger partial charge in [-0.05, 0) is 59.5 Å². The molecule has 0 bridgehead atoms. The van der Waals surface area contributed by atoms with Gasteiger partial charge in [0.05, 0.1) is 16.8 Å². The van der Waals surface area contributed by atoms with Crippen LogP contribution in [0.4, 0.5) is 17.1 Å². The van der Waals surface area contributed by atoms with Gasteiger partial charge in [0.25, 0.3) is 0 Å². The number of para-hydroxylation sites is 2. The topological polar surface area (TPSA) is 42.4 Å². The number of anilines is 3. The first-order valence-corrected chi connectivity index (χ1v) is 15.1. The summed E-state index contributed by atoms with van der Waals surface area (Å²) >= 11 is 0. The van der Waals surface area contributed by atoms with Gasteiger partial charge in [-0.25, -0.2) is 4.98 Å². The summed E-state index contributed by atoms with van der Waals surface area (Å²) in [5, 5.41) is 4.27. The molecule has 7 aromatic carbocycles. The Balaban J connectivity index is 1.35. The maximum Gasteiger partial charge on any atom is 0.227 e. The molecule has 0 fully saturated rings. The molecular formula is C41H26N2O2. The lowest BCUT2D eigenvalue weighted by Crippen LogP contribution is -2.11. The minimum atomic E-state index is 0.604. The van der Waals surface area contributed by atoms with Crippen molar-refractivity contribution in [3.63, 3.8) is 0 Å². The van der Waals surface area contributed by atoms with Crippen LogP contribution in [-0.2, 0) is 0 Å². The lowest BCUT2D eigenvalue weighted by molar-refractivity contribution is 0.623. The zero-order valence-corrected chi connectivity index (χ0v) is 24.2. The van der Waals surface area contributed by atoms with Crippen LogP contribution in [0.2, 0.25) is 0 Å². The Morgan fingerprint density at radius 1 is 0.489 bits per heavy atom. The largest absolute Gasteiger partial charge is 0.456 e. The molecule has 0 aliphatic carbocycles. The van der Waals surface area contributed by atoms with Crippen molar-refractivity contribution < 1.29 is 8.83 Å². The van der Waals surface area contributed by atoms with Crippen LogP contribution >= 0.6 is 0 Å². The van der Waals surface area contributed by atoms with E-state index >= 15 is 0 Å². The molecule has 0 atom stereocenters. The summed E-state index contributed by atoms with van der Waals surface area (Å²) in [6, 6.07) is 54.4. The van der Waals surface area contributed by atoms with E-state index in [2.05, 4.69) is 114 Å². The fourth-order valence-corrected chi connectivity index (χ4v) is 6.42. The Hall–Kier alpha value is -6.13. The van der Waals surface area contributed by atoms with Crippen molar-refractivity contribution in [2.24, 2.45) is 0 Å². The highest BCUT2D eigenvalue weighted by Gasteiger charge is 2.23. The Morgan fingerprint density at radius 2 is 1.20 bits per heavy atom. The minimum Gasteiger partial charge on any atom is -0.456 e. The van der Waals surface area contributed by atoms with E-state index in [1.165, 1.54) is 0 Å². The Labute approximate surface area is 259 Å². The lowest BCUT2D eigenvalue weighted by atomic mass is 10.00. The number of nitrogens with zero attached hydrogens (tertiary/aromatic N) is 2. The van der Waals surface area contributed by atoms with Crippen LogP contribution in [0.25, 0.3) is 66.4 Å². The maximum absolute atomic E-state index is 6.60. The second kappa shape index (κ2) is 10.2. The predicted molar refractivity (Wildman–Crippen MR) is 184 cm³/mol. The van der Waals surface area contributed by atoms with Gasteiger partial charge in [0.15, 0.2) is 5.58 Å². The molecule has 0 amide bonds. The van der Waals surface area contributed by atoms with Crippen molar-refractivity contribution >= 4 is 60.9 Å². The van der Waals surface area contributed by atoms with Gasteiger partial charge in [-0.15, -0.1) is 0 Å². The summed E-state index contributed by atoms with van der Waals surface area (Å²) in [7, 11) is 0. The quantitative estimate of drug-likeness (QED) is 0.204. The lowest BCUT2D eigenvalue weighted by Gasteiger charge is -2.29. The number of hydrogen-bond acceptors (Lipinski definition) is 4. The molecule has 0 aliphatic rings. The van der Waals surface area contributed by atoms with E-state index in [9.17, 15) is 0 Å². The van der Waals surface area contributed by atoms with Gasteiger partial charge in [-0.3, -0.25) is 0 Å². The number of hydrogen-bond donors (Lipinski definition) is 0. The number of benzene rings is 7. The normalized spacial score (nSPS) is 11.6. The second-order valence-corrected chi connectivity index (χ2v) is 11.2. The summed E-state index contributed by atoms with van der Waals surface area (Å²) < 4.78 is 13.0. The third-order valence-electron chi connectivity index (χ3n) is 8.49. The molecule has 9 rings (SSSR count). The van der Waals surface area contributed by atoms with Crippen LogP contribution in [0, 0.1) is 0 Å². The highest BCUT2D eigenvalue weighted by Crippen LogP contribution is 2.46. The van der Waals surface area contributed by atoms with Gasteiger partial charge in [-0.2, -0.15) is 0 Å². The number of rotatable bonds is 5. The number of aromatic nitrogens is 1. The Bertz CT molecular complexity index is 2490. The zero-order chi connectivity index (χ0) is 29.7. The van der Waals surface area contributed by atoms with Crippen molar-refractivity contribution in [3.05, 3.63) is 158 Å². The van der Waals surface area contributed by atoms with Gasteiger partial charge < -0.3 is 13.7 Å². The van der Waals surface area contributed by atoms with E-state index in [-0.39, 0.29) is 0 Å². The molecule has 2 heterocycles. The number of oxazole rings is 1. The molecule has 0 aliphatic heterocycles. The molecule has 45 heavy (non-hydrogen) atoms. The molecule has 212 valence electrons. The number of fused-ring (bicyclic) bond motifs is 6. The highest BCUT2D eigenvalue weighted by molar-refractivity contribution is 6.13. The van der Waals surface area contributed by atoms with Crippen LogP contribution in [0.1, 0.15) is 0 Å². The SMILES string of the molecule is c1ccc(-c2nc3ccc4cccc(N(c5ccc6c(c5)oc5ccccc56)c5ccccc5-c5ccccc5)c4c3o2)cc1. The zero-order valence-electron chi connectivity index (χ0n) is 24.2. The molecule has 0 saturated heterocycles. The molecule has 2 aromatic heterocycles. The molecule has 4 nitrogen and oxygen atoms in total. The van der Waals surface area contributed by atoms with Crippen molar-refractivity contribution in [1.82, 2.24) is 4.98 Å². The van der Waals surface area contributed by atoms with Crippen molar-refractivity contribution in [2.75, 3.05) is 4.90 Å². The van der Waals surface area contributed by atoms with Crippen LogP contribution in [0.5, 0.6) is 0 Å². The third-order valence-corrected chi connectivity index (χ3v) is 8.49. The fraction of sp³-hybridized carbons (Fsp3) is 0. The highest BCUT2D eigenvalue weighted by atomic mass is 16.3. The molecule has 4 heteroatoms. The van der Waals surface area contributed by atoms with E-state index in [0.29, 0.717) is 5.89 Å². The van der Waals surface area contributed by atoms with Gasteiger partial charge in [-0.1, -0.05) is 103 Å². The second-order valence-electron chi connectivity index (χ2n) is 11.2. The van der Waals surface area contributed by atoms with Gasteiger partial charge in [0.2, 0.25) is 5.89 Å². The summed E-state index contributed by atoms with van der Waals surface area (Å²) in [6.45, 7) is 0. The van der Waals surface area contributed by atoms with E-state index in [0.717, 1.165) is 77.6 Å². The van der Waals surface area contributed by atoms with Crippen molar-refractivity contribution in [1.29, 1.82) is 0 Å². The standard InChI is InChI=1S/C41H26N2O2/c1-3-12-27(13-4-1)31-17-7-9-19-35(31)43(30-23-24-33-32-18-8-10-21-37(32)44-38(33)26-30)36-20-11-16-28-22-25-34-40(39(28)36)45-41(42-34)29-14-5-2-6-15-29/h1-26H. The van der Waals surface area contributed by atoms with Gasteiger partial charge in [0, 0.05) is 33.7 Å². The smallest absolute Gasteiger partial charge is 0.227 e. The Kier molecular flexibility index (Phi) is 5.78. The molecule has 9 aromatic rings. The van der Waals surface area contributed by atoms with Crippen molar-refractivity contribution in [2.45, 2.75) is 0 Å². The fourth-order valence-electron chi connectivity index (χ4n) is 6.42. The predicted octanol–water partition coefficient (Wildman–Crippen LogP) is 11.7. The number of furan rings is 1. The molecule has 0 spiro atoms. The molecule has 0 saturated carbocycles. The van der Waals surface area contributed by atoms with Crippen molar-refractivity contribution in [3.8, 4) is 22.6 Å². The first-order valence-electron chi connectivity index (χ1n) is 15.1. The van der Waals surface area contributed by atoms with Gasteiger partial charge >= 0.3 is 0 Å².